The second-order valence-electron chi connectivity index (χ2n) is 6.08. The lowest BCUT2D eigenvalue weighted by molar-refractivity contribution is 0.271. The largest absolute Gasteiger partial charge is 0.328 e. The summed E-state index contributed by atoms with van der Waals surface area (Å²) in [4.78, 5) is 0. The number of hydrogen-bond acceptors (Lipinski definition) is 3. The second-order valence-corrected chi connectivity index (χ2v) is 8.10. The van der Waals surface area contributed by atoms with Crippen molar-refractivity contribution in [3.05, 3.63) is 0 Å². The first-order valence-electron chi connectivity index (χ1n) is 6.62. The molecule has 1 aliphatic heterocycles. The number of hydrogen-bond donors (Lipinski definition) is 1. The van der Waals surface area contributed by atoms with Crippen molar-refractivity contribution in [2.75, 3.05) is 18.8 Å². The van der Waals surface area contributed by atoms with E-state index in [0.29, 0.717) is 18.4 Å². The first-order valence-corrected chi connectivity index (χ1v) is 8.23. The van der Waals surface area contributed by atoms with Crippen molar-refractivity contribution in [2.24, 2.45) is 23.5 Å². The molecule has 2 aliphatic rings. The lowest BCUT2D eigenvalue weighted by Gasteiger charge is -2.28. The molecule has 17 heavy (non-hydrogen) atoms. The van der Waals surface area contributed by atoms with Crippen LogP contribution in [-0.4, -0.2) is 37.6 Å². The van der Waals surface area contributed by atoms with Crippen molar-refractivity contribution in [1.82, 2.24) is 4.31 Å². The molecule has 5 heteroatoms. The van der Waals surface area contributed by atoms with Crippen LogP contribution in [0, 0.1) is 17.8 Å². The Labute approximate surface area is 105 Å². The number of nitrogens with zero attached hydrogens (tertiary/aromatic N) is 1. The molecule has 0 radical (unpaired) electrons. The Bertz CT molecular complexity index is 367. The van der Waals surface area contributed by atoms with Crippen molar-refractivity contribution in [2.45, 2.75) is 39.2 Å². The van der Waals surface area contributed by atoms with Crippen molar-refractivity contribution in [3.63, 3.8) is 0 Å². The third-order valence-electron chi connectivity index (χ3n) is 3.99. The van der Waals surface area contributed by atoms with Crippen molar-refractivity contribution >= 4 is 10.0 Å². The van der Waals surface area contributed by atoms with E-state index in [-0.39, 0.29) is 17.7 Å². The summed E-state index contributed by atoms with van der Waals surface area (Å²) in [7, 11) is -3.04. The van der Waals surface area contributed by atoms with Crippen molar-refractivity contribution in [1.29, 1.82) is 0 Å². The van der Waals surface area contributed by atoms with E-state index in [1.807, 2.05) is 13.8 Å². The SMILES string of the molecule is CC(C)CS(=O)(=O)N1C[C@H]2CCC(N)C[C@H]2C1. The lowest BCUT2D eigenvalue weighted by atomic mass is 9.79. The highest BCUT2D eigenvalue weighted by Gasteiger charge is 2.41. The van der Waals surface area contributed by atoms with Gasteiger partial charge in [0.15, 0.2) is 0 Å². The predicted molar refractivity (Wildman–Crippen MR) is 69.0 cm³/mol. The molecule has 1 unspecified atom stereocenters. The van der Waals surface area contributed by atoms with Gasteiger partial charge in [0, 0.05) is 19.1 Å². The minimum Gasteiger partial charge on any atom is -0.328 e. The van der Waals surface area contributed by atoms with Gasteiger partial charge in [0.1, 0.15) is 0 Å². The van der Waals surface area contributed by atoms with Crippen LogP contribution in [-0.2, 0) is 10.0 Å². The van der Waals surface area contributed by atoms with Gasteiger partial charge in [-0.15, -0.1) is 0 Å². The molecule has 2 fully saturated rings. The number of fused-ring (bicyclic) bond motifs is 1. The zero-order chi connectivity index (χ0) is 12.6. The van der Waals surface area contributed by atoms with E-state index in [9.17, 15) is 8.42 Å². The van der Waals surface area contributed by atoms with Gasteiger partial charge in [-0.2, -0.15) is 0 Å². The predicted octanol–water partition coefficient (Wildman–Crippen LogP) is 1.03. The standard InChI is InChI=1S/C12H24N2O2S/c1-9(2)8-17(15,16)14-6-10-3-4-12(13)5-11(10)7-14/h9-12H,3-8,13H2,1-2H3/t10-,11+,12?/m1/s1. The quantitative estimate of drug-likeness (QED) is 0.824. The van der Waals surface area contributed by atoms with E-state index >= 15 is 0 Å². The van der Waals surface area contributed by atoms with Gasteiger partial charge < -0.3 is 5.73 Å². The fraction of sp³-hybridized carbons (Fsp3) is 1.00. The molecule has 0 aromatic rings. The maximum Gasteiger partial charge on any atom is 0.214 e. The number of sulfonamides is 1. The normalized spacial score (nSPS) is 35.2. The van der Waals surface area contributed by atoms with Gasteiger partial charge in [0.2, 0.25) is 10.0 Å². The lowest BCUT2D eigenvalue weighted by Crippen LogP contribution is -2.33. The number of nitrogens with two attached hydrogens (primary N) is 1. The molecule has 2 N–H and O–H groups in total. The van der Waals surface area contributed by atoms with Gasteiger partial charge in [-0.05, 0) is 37.0 Å². The Balaban J connectivity index is 2.02. The molecule has 0 aromatic carbocycles. The van der Waals surface area contributed by atoms with Crippen molar-refractivity contribution < 1.29 is 8.42 Å². The van der Waals surface area contributed by atoms with Crippen LogP contribution in [0.25, 0.3) is 0 Å². The Morgan fingerprint density at radius 3 is 2.53 bits per heavy atom. The molecule has 100 valence electrons. The van der Waals surface area contributed by atoms with Gasteiger partial charge >= 0.3 is 0 Å². The molecule has 0 spiro atoms. The van der Waals surface area contributed by atoms with Gasteiger partial charge in [-0.1, -0.05) is 13.8 Å². The zero-order valence-corrected chi connectivity index (χ0v) is 11.6. The van der Waals surface area contributed by atoms with E-state index in [2.05, 4.69) is 0 Å². The molecule has 1 saturated heterocycles. The van der Waals surface area contributed by atoms with Gasteiger partial charge in [-0.25, -0.2) is 12.7 Å². The van der Waals surface area contributed by atoms with Crippen LogP contribution in [0.1, 0.15) is 33.1 Å². The summed E-state index contributed by atoms with van der Waals surface area (Å²) >= 11 is 0. The molecular formula is C12H24N2O2S. The van der Waals surface area contributed by atoms with Crippen LogP contribution in [0.15, 0.2) is 0 Å². The van der Waals surface area contributed by atoms with E-state index < -0.39 is 10.0 Å². The first-order chi connectivity index (χ1) is 7.88. The number of rotatable bonds is 3. The third-order valence-corrected chi connectivity index (χ3v) is 6.17. The maximum atomic E-state index is 12.2. The Kier molecular flexibility index (Phi) is 3.80. The minimum atomic E-state index is -3.04. The van der Waals surface area contributed by atoms with Crippen LogP contribution in [0.4, 0.5) is 0 Å². The summed E-state index contributed by atoms with van der Waals surface area (Å²) in [6.45, 7) is 5.34. The molecule has 1 heterocycles. The van der Waals surface area contributed by atoms with Gasteiger partial charge in [-0.3, -0.25) is 0 Å². The monoisotopic (exact) mass is 260 g/mol. The summed E-state index contributed by atoms with van der Waals surface area (Å²) in [5.41, 5.74) is 5.96. The van der Waals surface area contributed by atoms with Gasteiger partial charge in [0.25, 0.3) is 0 Å². The van der Waals surface area contributed by atoms with Crippen LogP contribution < -0.4 is 5.73 Å². The fourth-order valence-electron chi connectivity index (χ4n) is 3.18. The van der Waals surface area contributed by atoms with Gasteiger partial charge in [0.05, 0.1) is 5.75 Å². The molecule has 0 bridgehead atoms. The average molecular weight is 260 g/mol. The summed E-state index contributed by atoms with van der Waals surface area (Å²) in [6, 6.07) is 0.281. The Morgan fingerprint density at radius 2 is 1.88 bits per heavy atom. The molecule has 4 nitrogen and oxygen atoms in total. The van der Waals surface area contributed by atoms with Crippen molar-refractivity contribution in [3.8, 4) is 0 Å². The Hall–Kier alpha value is -0.130. The molecule has 1 saturated carbocycles. The highest BCUT2D eigenvalue weighted by molar-refractivity contribution is 7.89. The molecule has 0 amide bonds. The zero-order valence-electron chi connectivity index (χ0n) is 10.8. The summed E-state index contributed by atoms with van der Waals surface area (Å²) in [6.07, 6.45) is 3.15. The van der Waals surface area contributed by atoms with Crippen LogP contribution >= 0.6 is 0 Å². The first kappa shape index (κ1) is 13.3. The van der Waals surface area contributed by atoms with Crippen LogP contribution in [0.3, 0.4) is 0 Å². The average Bonchev–Trinajstić information content (AvgIpc) is 2.58. The smallest absolute Gasteiger partial charge is 0.214 e. The Morgan fingerprint density at radius 1 is 1.24 bits per heavy atom. The highest BCUT2D eigenvalue weighted by Crippen LogP contribution is 2.36. The third kappa shape index (κ3) is 3.01. The van der Waals surface area contributed by atoms with Crippen LogP contribution in [0.5, 0.6) is 0 Å². The minimum absolute atomic E-state index is 0.199. The maximum absolute atomic E-state index is 12.2. The summed E-state index contributed by atoms with van der Waals surface area (Å²) in [5.74, 6) is 1.53. The molecule has 1 aliphatic carbocycles. The summed E-state index contributed by atoms with van der Waals surface area (Å²) in [5, 5.41) is 0. The summed E-state index contributed by atoms with van der Waals surface area (Å²) < 4.78 is 26.0. The molecular weight excluding hydrogens is 236 g/mol. The van der Waals surface area contributed by atoms with E-state index in [0.717, 1.165) is 25.8 Å². The van der Waals surface area contributed by atoms with E-state index in [1.54, 1.807) is 4.31 Å². The molecule has 3 atom stereocenters. The van der Waals surface area contributed by atoms with E-state index in [4.69, 9.17) is 5.73 Å². The molecule has 0 aromatic heterocycles. The highest BCUT2D eigenvalue weighted by atomic mass is 32.2. The van der Waals surface area contributed by atoms with E-state index in [1.165, 1.54) is 0 Å². The van der Waals surface area contributed by atoms with Crippen LogP contribution in [0.2, 0.25) is 0 Å². The molecule has 2 rings (SSSR count). The second kappa shape index (κ2) is 4.86. The fourth-order valence-corrected chi connectivity index (χ4v) is 5.07. The topological polar surface area (TPSA) is 63.4 Å².